The summed E-state index contributed by atoms with van der Waals surface area (Å²) in [5, 5.41) is 0. The van der Waals surface area contributed by atoms with Crippen molar-refractivity contribution in [2.45, 2.75) is 55.0 Å². The molecule has 4 aliphatic rings. The Balaban J connectivity index is 2.71. The normalized spacial score (nSPS) is 53.5. The zero-order chi connectivity index (χ0) is 21.0. The SMILES string of the molecule is FC1(F)C2(Cl)C(F)(F)C3(Cl)C(F)(F)C1(Cl)C(F)(F)C(Cl)(C2(F)F)C3(F)F. The average Bonchev–Trinajstić information content (AvgIpc) is 2.46. The smallest absolute Gasteiger partial charge is 0.202 e. The Bertz CT molecular complexity index is 520. The number of hydrogen-bond donors (Lipinski definition) is 0. The second-order valence-corrected chi connectivity index (χ2v) is 8.35. The standard InChI is InChI=1S/C10Cl4F12/c11-1-5(15,16)2(12)8(21,22)3(13,6(1,17)18)10(25,26)4(14,7(1,19)20)9(2,23)24. The van der Waals surface area contributed by atoms with Gasteiger partial charge in [0.05, 0.1) is 0 Å². The van der Waals surface area contributed by atoms with Crippen molar-refractivity contribution in [1.82, 2.24) is 0 Å². The number of alkyl halides is 16. The van der Waals surface area contributed by atoms with Crippen molar-refractivity contribution in [3.8, 4) is 0 Å². The molecule has 152 valence electrons. The van der Waals surface area contributed by atoms with E-state index in [1.165, 1.54) is 0 Å². The molecule has 0 aliphatic heterocycles. The van der Waals surface area contributed by atoms with Crippen molar-refractivity contribution >= 4 is 46.4 Å². The first-order valence-electron chi connectivity index (χ1n) is 6.02. The van der Waals surface area contributed by atoms with E-state index in [9.17, 15) is 52.7 Å². The molecule has 0 spiro atoms. The Hall–Kier alpha value is 0.320. The van der Waals surface area contributed by atoms with Gasteiger partial charge in [0.25, 0.3) is 0 Å². The maximum absolute atomic E-state index is 14.3. The highest BCUT2D eigenvalue weighted by Gasteiger charge is 3.19. The maximum atomic E-state index is 14.3. The minimum Gasteiger partial charge on any atom is -0.202 e. The summed E-state index contributed by atoms with van der Waals surface area (Å²) in [7, 11) is 0. The van der Waals surface area contributed by atoms with Crippen molar-refractivity contribution in [3.63, 3.8) is 0 Å². The summed E-state index contributed by atoms with van der Waals surface area (Å²) in [4.78, 5) is -24.5. The van der Waals surface area contributed by atoms with Crippen LogP contribution in [0.4, 0.5) is 52.7 Å². The summed E-state index contributed by atoms with van der Waals surface area (Å²) in [5.41, 5.74) is 0. The highest BCUT2D eigenvalue weighted by molar-refractivity contribution is 6.41. The van der Waals surface area contributed by atoms with E-state index >= 15 is 0 Å². The maximum Gasteiger partial charge on any atom is 0.309 e. The molecule has 0 heterocycles. The molecule has 4 aliphatic carbocycles. The van der Waals surface area contributed by atoms with E-state index in [0.29, 0.717) is 0 Å². The molecule has 0 saturated heterocycles. The van der Waals surface area contributed by atoms with E-state index in [1.54, 1.807) is 0 Å². The van der Waals surface area contributed by atoms with Crippen LogP contribution in [0.5, 0.6) is 0 Å². The van der Waals surface area contributed by atoms with Gasteiger partial charge in [0.15, 0.2) is 0 Å². The molecule has 4 bridgehead atoms. The van der Waals surface area contributed by atoms with Crippen LogP contribution in [0.15, 0.2) is 0 Å². The van der Waals surface area contributed by atoms with Crippen LogP contribution in [0.3, 0.4) is 0 Å². The first-order chi connectivity index (χ1) is 11.0. The van der Waals surface area contributed by atoms with Crippen LogP contribution in [0.2, 0.25) is 0 Å². The fourth-order valence-corrected chi connectivity index (χ4v) is 5.78. The zero-order valence-electron chi connectivity index (χ0n) is 11.0. The minimum atomic E-state index is -6.74. The van der Waals surface area contributed by atoms with Crippen molar-refractivity contribution in [2.24, 2.45) is 0 Å². The first-order valence-corrected chi connectivity index (χ1v) is 7.54. The molecular weight excluding hydrogens is 490 g/mol. The number of rotatable bonds is 0. The minimum absolute atomic E-state index is 4.55. The molecule has 0 amide bonds. The molecule has 4 fully saturated rings. The highest BCUT2D eigenvalue weighted by atomic mass is 35.5. The van der Waals surface area contributed by atoms with Gasteiger partial charge < -0.3 is 0 Å². The Morgan fingerprint density at radius 2 is 0.346 bits per heavy atom. The third-order valence-electron chi connectivity index (χ3n) is 5.19. The Kier molecular flexibility index (Phi) is 3.33. The second kappa shape index (κ2) is 4.12. The van der Waals surface area contributed by atoms with Crippen molar-refractivity contribution in [3.05, 3.63) is 0 Å². The van der Waals surface area contributed by atoms with Gasteiger partial charge in [-0.15, -0.1) is 0 Å². The van der Waals surface area contributed by atoms with Gasteiger partial charge in [-0.3, -0.25) is 0 Å². The van der Waals surface area contributed by atoms with Crippen LogP contribution in [-0.2, 0) is 0 Å². The van der Waals surface area contributed by atoms with E-state index in [-0.39, 0.29) is 0 Å². The Labute approximate surface area is 154 Å². The van der Waals surface area contributed by atoms with Crippen LogP contribution in [0.1, 0.15) is 0 Å². The van der Waals surface area contributed by atoms with Crippen LogP contribution in [-0.4, -0.2) is 55.0 Å². The molecule has 16 heteroatoms. The number of hydrogen-bond acceptors (Lipinski definition) is 0. The lowest BCUT2D eigenvalue weighted by atomic mass is 9.44. The van der Waals surface area contributed by atoms with Gasteiger partial charge in [-0.2, -0.15) is 0 Å². The van der Waals surface area contributed by atoms with Crippen molar-refractivity contribution in [1.29, 1.82) is 0 Å². The van der Waals surface area contributed by atoms with Gasteiger partial charge in [0.2, 0.25) is 19.5 Å². The molecule has 0 N–H and O–H groups in total. The average molecular weight is 490 g/mol. The topological polar surface area (TPSA) is 0 Å². The monoisotopic (exact) mass is 488 g/mol. The molecule has 26 heavy (non-hydrogen) atoms. The van der Waals surface area contributed by atoms with Gasteiger partial charge in [0, 0.05) is 0 Å². The lowest BCUT2D eigenvalue weighted by Crippen LogP contribution is -3.08. The van der Waals surface area contributed by atoms with E-state index < -0.39 is 55.0 Å². The molecule has 0 atom stereocenters. The van der Waals surface area contributed by atoms with Gasteiger partial charge in [0.1, 0.15) is 0 Å². The van der Waals surface area contributed by atoms with Gasteiger partial charge in [-0.1, -0.05) is 46.4 Å². The highest BCUT2D eigenvalue weighted by Crippen LogP contribution is 2.90. The van der Waals surface area contributed by atoms with E-state index in [4.69, 9.17) is 0 Å². The summed E-state index contributed by atoms with van der Waals surface area (Å²) in [5.74, 6) is -40.4. The van der Waals surface area contributed by atoms with Crippen LogP contribution in [0.25, 0.3) is 0 Å². The van der Waals surface area contributed by atoms with Gasteiger partial charge in [-0.25, -0.2) is 52.7 Å². The van der Waals surface area contributed by atoms with Gasteiger partial charge >= 0.3 is 35.5 Å². The zero-order valence-corrected chi connectivity index (χ0v) is 14.1. The molecule has 0 aromatic rings. The van der Waals surface area contributed by atoms with E-state index in [1.807, 2.05) is 0 Å². The lowest BCUT2D eigenvalue weighted by Gasteiger charge is -2.76. The molecule has 0 aromatic heterocycles. The third-order valence-corrected chi connectivity index (χ3v) is 8.04. The quantitative estimate of drug-likeness (QED) is 0.300. The van der Waals surface area contributed by atoms with Crippen molar-refractivity contribution in [2.75, 3.05) is 0 Å². The molecular formula is C10Cl4F12. The Morgan fingerprint density at radius 3 is 0.423 bits per heavy atom. The molecule has 4 saturated carbocycles. The summed E-state index contributed by atoms with van der Waals surface area (Å²) in [6.45, 7) is 0. The molecule has 0 aromatic carbocycles. The fourth-order valence-electron chi connectivity index (χ4n) is 3.79. The fraction of sp³-hybridized carbons (Fsp3) is 1.00. The first kappa shape index (κ1) is 21.0. The largest absolute Gasteiger partial charge is 0.309 e. The van der Waals surface area contributed by atoms with Crippen LogP contribution < -0.4 is 0 Å². The molecule has 0 radical (unpaired) electrons. The number of halogens is 16. The summed E-state index contributed by atoms with van der Waals surface area (Å²) >= 11 is 18.2. The molecule has 0 nitrogen and oxygen atoms in total. The van der Waals surface area contributed by atoms with Gasteiger partial charge in [-0.05, 0) is 0 Å². The van der Waals surface area contributed by atoms with Crippen molar-refractivity contribution < 1.29 is 52.7 Å². The van der Waals surface area contributed by atoms with E-state index in [0.717, 1.165) is 0 Å². The summed E-state index contributed by atoms with van der Waals surface area (Å²) < 4.78 is 172. The van der Waals surface area contributed by atoms with Crippen LogP contribution >= 0.6 is 46.4 Å². The predicted molar refractivity (Wildman–Crippen MR) is 64.0 cm³/mol. The Morgan fingerprint density at radius 1 is 0.269 bits per heavy atom. The third kappa shape index (κ3) is 1.13. The molecule has 4 rings (SSSR count). The van der Waals surface area contributed by atoms with E-state index in [2.05, 4.69) is 46.4 Å². The second-order valence-electron chi connectivity index (χ2n) is 6.08. The lowest BCUT2D eigenvalue weighted by molar-refractivity contribution is -0.482. The van der Waals surface area contributed by atoms with Crippen LogP contribution in [0, 0.1) is 0 Å². The summed E-state index contributed by atoms with van der Waals surface area (Å²) in [6.07, 6.45) is 0. The predicted octanol–water partition coefficient (Wildman–Crippen LogP) is 5.75. The summed E-state index contributed by atoms with van der Waals surface area (Å²) in [6, 6.07) is 0. The molecule has 0 unspecified atom stereocenters.